The second-order valence-corrected chi connectivity index (χ2v) is 8.74. The summed E-state index contributed by atoms with van der Waals surface area (Å²) in [7, 11) is 3.52. The van der Waals surface area contributed by atoms with Gasteiger partial charge in [-0.1, -0.05) is 6.92 Å². The lowest BCUT2D eigenvalue weighted by molar-refractivity contribution is -0.124. The molecule has 2 heterocycles. The highest BCUT2D eigenvalue weighted by molar-refractivity contribution is 7.12. The maximum atomic E-state index is 13.5. The Balaban J connectivity index is 1.88. The zero-order valence-electron chi connectivity index (χ0n) is 16.1. The molecule has 6 heteroatoms. The van der Waals surface area contributed by atoms with Crippen LogP contribution in [0, 0.1) is 11.8 Å². The zero-order valence-corrected chi connectivity index (χ0v) is 16.9. The highest BCUT2D eigenvalue weighted by Gasteiger charge is 2.36. The van der Waals surface area contributed by atoms with Crippen molar-refractivity contribution in [3.05, 3.63) is 16.3 Å². The highest BCUT2D eigenvalue weighted by atomic mass is 32.1. The Hall–Kier alpha value is -1.40. The van der Waals surface area contributed by atoms with Crippen molar-refractivity contribution >= 4 is 28.9 Å². The van der Waals surface area contributed by atoms with Gasteiger partial charge in [0, 0.05) is 12.0 Å². The third kappa shape index (κ3) is 4.12. The molecule has 5 nitrogen and oxygen atoms in total. The molecule has 3 rings (SSSR count). The Labute approximate surface area is 160 Å². The van der Waals surface area contributed by atoms with Crippen LogP contribution < -0.4 is 4.90 Å². The summed E-state index contributed by atoms with van der Waals surface area (Å²) in [6.45, 7) is 4.23. The van der Waals surface area contributed by atoms with E-state index in [0.717, 1.165) is 57.3 Å². The van der Waals surface area contributed by atoms with Gasteiger partial charge in [-0.05, 0) is 76.0 Å². The van der Waals surface area contributed by atoms with Crippen LogP contribution >= 0.6 is 11.3 Å². The lowest BCUT2D eigenvalue weighted by atomic mass is 9.82. The fraction of sp³-hybridized carbons (Fsp3) is 0.700. The second kappa shape index (κ2) is 8.53. The van der Waals surface area contributed by atoms with Crippen LogP contribution in [0.4, 0.5) is 5.69 Å². The molecule has 1 aliphatic heterocycles. The van der Waals surface area contributed by atoms with E-state index in [-0.39, 0.29) is 23.8 Å². The van der Waals surface area contributed by atoms with Gasteiger partial charge in [0.15, 0.2) is 0 Å². The molecule has 26 heavy (non-hydrogen) atoms. The van der Waals surface area contributed by atoms with Gasteiger partial charge in [0.2, 0.25) is 5.91 Å². The lowest BCUT2D eigenvalue weighted by Crippen LogP contribution is -2.49. The molecule has 1 saturated heterocycles. The van der Waals surface area contributed by atoms with Gasteiger partial charge in [-0.2, -0.15) is 0 Å². The van der Waals surface area contributed by atoms with E-state index in [1.165, 1.54) is 18.4 Å². The number of piperidine rings is 1. The lowest BCUT2D eigenvalue weighted by Gasteiger charge is -2.39. The normalized spacial score (nSPS) is 25.0. The molecule has 0 spiro atoms. The molecular weight excluding hydrogens is 348 g/mol. The van der Waals surface area contributed by atoms with E-state index < -0.39 is 0 Å². The molecule has 2 fully saturated rings. The van der Waals surface area contributed by atoms with E-state index in [4.69, 9.17) is 4.74 Å². The number of ether oxygens (including phenoxy) is 1. The average Bonchev–Trinajstić information content (AvgIpc) is 3.12. The minimum absolute atomic E-state index is 0.0799. The van der Waals surface area contributed by atoms with Crippen LogP contribution in [-0.4, -0.2) is 50.1 Å². The van der Waals surface area contributed by atoms with Crippen LogP contribution in [0.15, 0.2) is 11.4 Å². The summed E-state index contributed by atoms with van der Waals surface area (Å²) < 4.78 is 4.95. The number of thiophene rings is 1. The number of anilines is 1. The predicted octanol–water partition coefficient (Wildman–Crippen LogP) is 3.79. The van der Waals surface area contributed by atoms with Crippen molar-refractivity contribution in [1.29, 1.82) is 0 Å². The van der Waals surface area contributed by atoms with E-state index in [1.807, 2.05) is 16.3 Å². The third-order valence-corrected chi connectivity index (χ3v) is 6.81. The SMILES string of the molecule is COC(=O)c1sccc1N(C(=O)[C@H]1CC[C@H](C)CC1)C1CCN(C)CC1. The van der Waals surface area contributed by atoms with Gasteiger partial charge in [-0.15, -0.1) is 11.3 Å². The summed E-state index contributed by atoms with van der Waals surface area (Å²) in [5, 5.41) is 1.89. The summed E-state index contributed by atoms with van der Waals surface area (Å²) in [5.41, 5.74) is 0.750. The topological polar surface area (TPSA) is 49.9 Å². The number of esters is 1. The first-order chi connectivity index (χ1) is 12.5. The number of hydrogen-bond acceptors (Lipinski definition) is 5. The average molecular weight is 379 g/mol. The van der Waals surface area contributed by atoms with Gasteiger partial charge in [0.05, 0.1) is 12.8 Å². The third-order valence-electron chi connectivity index (χ3n) is 5.93. The maximum Gasteiger partial charge on any atom is 0.350 e. The molecule has 1 amide bonds. The molecule has 0 atom stereocenters. The predicted molar refractivity (Wildman–Crippen MR) is 105 cm³/mol. The fourth-order valence-electron chi connectivity index (χ4n) is 4.19. The molecule has 0 bridgehead atoms. The van der Waals surface area contributed by atoms with Crippen LogP contribution in [-0.2, 0) is 9.53 Å². The summed E-state index contributed by atoms with van der Waals surface area (Å²) in [6.07, 6.45) is 6.04. The van der Waals surface area contributed by atoms with Gasteiger partial charge in [-0.3, -0.25) is 4.79 Å². The monoisotopic (exact) mass is 378 g/mol. The number of methoxy groups -OCH3 is 1. The molecule has 1 aliphatic carbocycles. The van der Waals surface area contributed by atoms with E-state index in [9.17, 15) is 9.59 Å². The van der Waals surface area contributed by atoms with Gasteiger partial charge < -0.3 is 14.5 Å². The van der Waals surface area contributed by atoms with Crippen LogP contribution in [0.5, 0.6) is 0 Å². The van der Waals surface area contributed by atoms with Crippen molar-refractivity contribution in [2.75, 3.05) is 32.1 Å². The Kier molecular flexibility index (Phi) is 6.35. The van der Waals surface area contributed by atoms with E-state index in [0.29, 0.717) is 10.8 Å². The number of hydrogen-bond donors (Lipinski definition) is 0. The zero-order chi connectivity index (χ0) is 18.7. The number of carbonyl (C=O) groups excluding carboxylic acids is 2. The Bertz CT molecular complexity index is 629. The van der Waals surface area contributed by atoms with Crippen molar-refractivity contribution in [2.45, 2.75) is 51.5 Å². The quantitative estimate of drug-likeness (QED) is 0.748. The molecule has 0 aromatic carbocycles. The van der Waals surface area contributed by atoms with Crippen molar-refractivity contribution in [3.8, 4) is 0 Å². The van der Waals surface area contributed by atoms with E-state index in [2.05, 4.69) is 18.9 Å². The number of likely N-dealkylation sites (tertiary alicyclic amines) is 1. The molecule has 0 radical (unpaired) electrons. The molecule has 1 aromatic rings. The molecule has 2 aliphatic rings. The summed E-state index contributed by atoms with van der Waals surface area (Å²) in [6, 6.07) is 2.08. The van der Waals surface area contributed by atoms with Crippen LogP contribution in [0.1, 0.15) is 55.1 Å². The standard InChI is InChI=1S/C20H30N2O3S/c1-14-4-6-15(7-5-14)19(23)22(16-8-11-21(2)12-9-16)17-10-13-26-18(17)20(24)25-3/h10,13-16H,4-9,11-12H2,1-3H3/t14-,15-. The number of amides is 1. The van der Waals surface area contributed by atoms with Crippen LogP contribution in [0.2, 0.25) is 0 Å². The fourth-order valence-corrected chi connectivity index (χ4v) is 4.99. The second-order valence-electron chi connectivity index (χ2n) is 7.83. The molecule has 0 N–H and O–H groups in total. The molecule has 0 unspecified atom stereocenters. The molecular formula is C20H30N2O3S. The first-order valence-electron chi connectivity index (χ1n) is 9.68. The largest absolute Gasteiger partial charge is 0.465 e. The first-order valence-corrected chi connectivity index (χ1v) is 10.6. The summed E-state index contributed by atoms with van der Waals surface area (Å²) >= 11 is 1.36. The highest BCUT2D eigenvalue weighted by Crippen LogP contribution is 2.36. The minimum Gasteiger partial charge on any atom is -0.465 e. The molecule has 1 aromatic heterocycles. The van der Waals surface area contributed by atoms with Gasteiger partial charge in [-0.25, -0.2) is 4.79 Å². The van der Waals surface area contributed by atoms with Crippen LogP contribution in [0.3, 0.4) is 0 Å². The van der Waals surface area contributed by atoms with Crippen molar-refractivity contribution < 1.29 is 14.3 Å². The Morgan fingerprint density at radius 2 is 1.81 bits per heavy atom. The maximum absolute atomic E-state index is 13.5. The van der Waals surface area contributed by atoms with Gasteiger partial charge >= 0.3 is 5.97 Å². The van der Waals surface area contributed by atoms with Crippen molar-refractivity contribution in [3.63, 3.8) is 0 Å². The van der Waals surface area contributed by atoms with E-state index >= 15 is 0 Å². The Morgan fingerprint density at radius 1 is 1.15 bits per heavy atom. The first kappa shape index (κ1) is 19.4. The number of carbonyl (C=O) groups is 2. The van der Waals surface area contributed by atoms with E-state index in [1.54, 1.807) is 0 Å². The van der Waals surface area contributed by atoms with Crippen LogP contribution in [0.25, 0.3) is 0 Å². The smallest absolute Gasteiger partial charge is 0.350 e. The van der Waals surface area contributed by atoms with Gasteiger partial charge in [0.1, 0.15) is 4.88 Å². The Morgan fingerprint density at radius 3 is 2.42 bits per heavy atom. The molecule has 1 saturated carbocycles. The summed E-state index contributed by atoms with van der Waals surface area (Å²) in [5.74, 6) is 0.645. The number of rotatable bonds is 4. The summed E-state index contributed by atoms with van der Waals surface area (Å²) in [4.78, 5) is 30.5. The number of nitrogens with zero attached hydrogens (tertiary/aromatic N) is 2. The van der Waals surface area contributed by atoms with Crippen molar-refractivity contribution in [1.82, 2.24) is 4.90 Å². The van der Waals surface area contributed by atoms with Gasteiger partial charge in [0.25, 0.3) is 0 Å². The van der Waals surface area contributed by atoms with Crippen molar-refractivity contribution in [2.24, 2.45) is 11.8 Å². The molecule has 144 valence electrons. The minimum atomic E-state index is -0.349.